The van der Waals surface area contributed by atoms with Crippen LogP contribution < -0.4 is 0 Å². The van der Waals surface area contributed by atoms with Crippen LogP contribution in [0.2, 0.25) is 0 Å². The number of hydrogen-bond acceptors (Lipinski definition) is 12. The minimum atomic E-state index is -0.361. The van der Waals surface area contributed by atoms with Crippen LogP contribution in [0.4, 0.5) is 0 Å². The number of hydrogen-bond donors (Lipinski definition) is 4. The Balaban J connectivity index is 0.000000821. The van der Waals surface area contributed by atoms with E-state index in [9.17, 15) is 39.6 Å². The third-order valence-corrected chi connectivity index (χ3v) is 29.2. The summed E-state index contributed by atoms with van der Waals surface area (Å²) in [7, 11) is 0. The van der Waals surface area contributed by atoms with Gasteiger partial charge >= 0.3 is 0 Å². The van der Waals surface area contributed by atoms with E-state index in [4.69, 9.17) is 15.0 Å². The SMILES string of the molecule is CCC(C)(CC)C(=O)C=C(O)C(C)(CC)CC.CCC(C)(CC)C(=O)C=C(O)C(C)(CC)CC.CCC(CC)C(O)=CC(=O)C(C)(C)CC.CCC(CC)C(O)=CC(=O)C(C)(CC)CC.Cc1[c-]c(-c2ccc3ccccc3n2)cc(C)c1.Cc1[c-]c(-c2ccc3ccccc3n2)cc(C)c1.Cc1[c-]c(-c2ccc3ccccc3n2)cc(C)c1.Cc1[c-]c(-c2nccc3cc(C(C)C)ccc23)cc(C)c1.[Ir].[Ir].[Ir].[Ir]. The van der Waals surface area contributed by atoms with Gasteiger partial charge in [-0.1, -0.05) is 331 Å². The normalized spacial score (nSPS) is 11.8. The zero-order valence-electron chi connectivity index (χ0n) is 92.6. The zero-order valence-corrected chi connectivity index (χ0v) is 102. The zero-order chi connectivity index (χ0) is 105. The number of carbonyl (C=O) groups excluding carboxylic acids is 4. The number of allylic oxidation sites excluding steroid dienone is 8. The van der Waals surface area contributed by atoms with Gasteiger partial charge < -0.3 is 25.4 Å². The van der Waals surface area contributed by atoms with E-state index >= 15 is 0 Å². The van der Waals surface area contributed by atoms with Crippen molar-refractivity contribution in [3.8, 4) is 45.0 Å². The van der Waals surface area contributed by atoms with Gasteiger partial charge in [0, 0.05) is 155 Å². The summed E-state index contributed by atoms with van der Waals surface area (Å²) in [4.78, 5) is 66.9. The molecule has 0 aliphatic rings. The summed E-state index contributed by atoms with van der Waals surface area (Å²) in [6.07, 6.45) is 20.2. The minimum Gasteiger partial charge on any atom is -0.512 e. The van der Waals surface area contributed by atoms with Crippen LogP contribution in [0, 0.1) is 124 Å². The number of aryl methyl sites for hydroxylation is 8. The van der Waals surface area contributed by atoms with Crippen LogP contribution in [0.15, 0.2) is 236 Å². The molecule has 0 saturated heterocycles. The molecule has 0 spiro atoms. The Morgan fingerprint density at radius 1 is 0.312 bits per heavy atom. The molecule has 0 aliphatic heterocycles. The summed E-state index contributed by atoms with van der Waals surface area (Å²) in [5, 5.41) is 45.9. The van der Waals surface area contributed by atoms with E-state index in [-0.39, 0.29) is 171 Å². The summed E-state index contributed by atoms with van der Waals surface area (Å²) in [6, 6.07) is 76.4. The van der Waals surface area contributed by atoms with Gasteiger partial charge in [0.2, 0.25) is 0 Å². The molecule has 0 saturated carbocycles. The van der Waals surface area contributed by atoms with Gasteiger partial charge in [-0.2, -0.15) is 0 Å². The summed E-state index contributed by atoms with van der Waals surface area (Å²) in [5.41, 5.74) is 20.4. The van der Waals surface area contributed by atoms with Crippen molar-refractivity contribution in [1.82, 2.24) is 19.9 Å². The minimum absolute atomic E-state index is 0. The second-order valence-electron chi connectivity index (χ2n) is 40.2. The molecule has 12 rings (SSSR count). The number of carbonyl (C=O) groups is 4. The van der Waals surface area contributed by atoms with E-state index in [2.05, 4.69) is 226 Å². The second kappa shape index (κ2) is 63.5. The number of benzene rings is 8. The number of aliphatic hydroxyl groups excluding tert-OH is 4. The summed E-state index contributed by atoms with van der Waals surface area (Å²) >= 11 is 0. The molecule has 0 bridgehead atoms. The van der Waals surface area contributed by atoms with Gasteiger partial charge in [-0.25, -0.2) is 0 Å². The molecular weight excluding hydrogens is 2490 g/mol. The monoisotopic (exact) mass is 2660 g/mol. The van der Waals surface area contributed by atoms with Crippen LogP contribution in [-0.4, -0.2) is 63.5 Å². The van der Waals surface area contributed by atoms with Crippen molar-refractivity contribution in [1.29, 1.82) is 0 Å². The van der Waals surface area contributed by atoms with Crippen molar-refractivity contribution in [2.75, 3.05) is 0 Å². The van der Waals surface area contributed by atoms with Crippen molar-refractivity contribution in [3.05, 3.63) is 310 Å². The van der Waals surface area contributed by atoms with Gasteiger partial charge in [-0.15, -0.1) is 140 Å². The maximum absolute atomic E-state index is 12.2. The third-order valence-electron chi connectivity index (χ3n) is 29.2. The molecule has 8 aromatic carbocycles. The topological polar surface area (TPSA) is 201 Å². The van der Waals surface area contributed by atoms with Crippen LogP contribution in [0.25, 0.3) is 88.5 Å². The van der Waals surface area contributed by atoms with E-state index in [1.807, 2.05) is 213 Å². The summed E-state index contributed by atoms with van der Waals surface area (Å²) < 4.78 is 0. The number of fused-ring (bicyclic) bond motifs is 4. The first-order chi connectivity index (χ1) is 66.1. The number of rotatable bonds is 32. The van der Waals surface area contributed by atoms with Crippen molar-refractivity contribution in [2.45, 2.75) is 324 Å². The van der Waals surface area contributed by atoms with Crippen molar-refractivity contribution in [3.63, 3.8) is 0 Å². The van der Waals surface area contributed by atoms with E-state index in [1.165, 1.54) is 79.1 Å². The van der Waals surface area contributed by atoms with Gasteiger partial charge in [0.25, 0.3) is 0 Å². The average molecular weight is 2660 g/mol. The van der Waals surface area contributed by atoms with Gasteiger partial charge in [0.1, 0.15) is 11.5 Å². The van der Waals surface area contributed by atoms with Gasteiger partial charge in [0.15, 0.2) is 23.1 Å². The fourth-order valence-corrected chi connectivity index (χ4v) is 16.0. The second-order valence-corrected chi connectivity index (χ2v) is 40.2. The predicted octanol–water partition coefficient (Wildman–Crippen LogP) is 35.8. The van der Waals surface area contributed by atoms with Crippen LogP contribution in [0.1, 0.15) is 318 Å². The van der Waals surface area contributed by atoms with Crippen molar-refractivity contribution >= 4 is 66.6 Å². The van der Waals surface area contributed by atoms with E-state index < -0.39 is 0 Å². The Morgan fingerprint density at radius 2 is 0.590 bits per heavy atom. The molecule has 16 heteroatoms. The van der Waals surface area contributed by atoms with Crippen LogP contribution in [0.3, 0.4) is 0 Å². The first-order valence-electron chi connectivity index (χ1n) is 51.4. The molecule has 788 valence electrons. The number of pyridine rings is 4. The third kappa shape index (κ3) is 39.2. The number of aromatic nitrogens is 4. The van der Waals surface area contributed by atoms with Crippen LogP contribution in [-0.2, 0) is 99.6 Å². The maximum Gasteiger partial charge on any atom is 0.164 e. The molecule has 0 fully saturated rings. The Labute approximate surface area is 921 Å². The van der Waals surface area contributed by atoms with Gasteiger partial charge in [-0.3, -0.25) is 34.1 Å². The van der Waals surface area contributed by atoms with Gasteiger partial charge in [0.05, 0.1) is 28.1 Å². The molecule has 0 amide bonds. The Hall–Kier alpha value is -9.16. The molecule has 144 heavy (non-hydrogen) atoms. The van der Waals surface area contributed by atoms with Crippen LogP contribution >= 0.6 is 0 Å². The van der Waals surface area contributed by atoms with Crippen molar-refractivity contribution < 1.29 is 120 Å². The number of ketones is 4. The molecule has 0 unspecified atom stereocenters. The van der Waals surface area contributed by atoms with Crippen LogP contribution in [0.5, 0.6) is 0 Å². The first kappa shape index (κ1) is 133. The number of nitrogens with zero attached hydrogens (tertiary/aromatic N) is 4. The number of para-hydroxylation sites is 3. The largest absolute Gasteiger partial charge is 0.512 e. The predicted molar refractivity (Wildman–Crippen MR) is 595 cm³/mol. The fourth-order valence-electron chi connectivity index (χ4n) is 16.0. The molecule has 0 aliphatic carbocycles. The molecule has 4 aromatic heterocycles. The van der Waals surface area contributed by atoms with E-state index in [0.29, 0.717) is 5.92 Å². The standard InChI is InChI=1S/C20H20N.3C17H14N.2C15H28O2.C14H26O2.C13H24O2.4Ir/c1-13(2)16-5-6-19-17(12-16)7-8-21-20(19)18-10-14(3)9-15(4)11-18;3*1-12-9-13(2)11-15(10-12)17-8-7-14-5-3-4-6-16(14)18-17;2*1-7-14(5,8-2)12(16)11-13(17)15(6,9-3)10-4;1-6-11(7-2)12(15)10-13(16)14(5,8-3)9-4;1-6-10(7-2)11(14)9-12(15)13(4,5)8-3;;;;/h5-10,12-13H,1-4H3;3*3-10H,1-2H3;2*11,16H,7-10H2,1-6H3;10-11,15H,6-9H2,1-5H3;9-10,14H,6-8H2,1-5H3;;;;/q4*-1;;;;;;;;. The molecule has 4 radical (unpaired) electrons. The summed E-state index contributed by atoms with van der Waals surface area (Å²) in [6.45, 7) is 65.2. The molecule has 4 N–H and O–H groups in total. The quantitative estimate of drug-likeness (QED) is 0.0177. The average Bonchev–Trinajstić information content (AvgIpc) is 0.813. The fraction of sp³-hybridized carbons (Fsp3) is 0.438. The Kier molecular flexibility index (Phi) is 58.6. The molecule has 12 nitrogen and oxygen atoms in total. The molecule has 0 atom stereocenters. The maximum atomic E-state index is 12.2. The van der Waals surface area contributed by atoms with E-state index in [1.54, 1.807) is 0 Å². The molecule has 12 aromatic rings. The summed E-state index contributed by atoms with van der Waals surface area (Å²) in [5.74, 6) is 1.94. The van der Waals surface area contributed by atoms with Crippen molar-refractivity contribution in [2.24, 2.45) is 44.3 Å². The number of aliphatic hydroxyl groups is 4. The van der Waals surface area contributed by atoms with E-state index in [0.717, 1.165) is 180 Å². The first-order valence-corrected chi connectivity index (χ1v) is 51.4. The molecular formula is C128H168Ir4N4O8-4. The van der Waals surface area contributed by atoms with Gasteiger partial charge in [-0.05, 0) is 182 Å². The Bertz CT molecular complexity index is 5730. The Morgan fingerprint density at radius 3 is 0.868 bits per heavy atom. The smallest absolute Gasteiger partial charge is 0.164 e. The molecule has 4 heterocycles.